The average molecular weight is 381 g/mol. The van der Waals surface area contributed by atoms with E-state index in [9.17, 15) is 4.79 Å². The number of carbonyl (C=O) groups is 1. The third-order valence-electron chi connectivity index (χ3n) is 3.68. The molecule has 4 aromatic rings. The Morgan fingerprint density at radius 2 is 1.96 bits per heavy atom. The number of aryl methyl sites for hydroxylation is 1. The largest absolute Gasteiger partial charge is 0.431 e. The van der Waals surface area contributed by atoms with E-state index in [4.69, 9.17) is 4.42 Å². The molecule has 7 heteroatoms. The Morgan fingerprint density at radius 1 is 1.15 bits per heavy atom. The van der Waals surface area contributed by atoms with Crippen LogP contribution in [0.15, 0.2) is 63.6 Å². The second kappa shape index (κ2) is 7.31. The average Bonchev–Trinajstić information content (AvgIpc) is 3.26. The molecule has 0 aliphatic rings. The first-order valence-corrected chi connectivity index (χ1v) is 9.85. The number of para-hydroxylation sites is 2. The molecule has 2 aromatic heterocycles. The second-order valence-electron chi connectivity index (χ2n) is 5.61. The molecule has 0 unspecified atom stereocenters. The summed E-state index contributed by atoms with van der Waals surface area (Å²) in [5, 5.41) is 6.44. The molecule has 2 heterocycles. The molecule has 0 saturated heterocycles. The summed E-state index contributed by atoms with van der Waals surface area (Å²) in [5.74, 6) is 0.134. The number of benzene rings is 2. The Labute approximate surface area is 158 Å². The molecule has 4 rings (SSSR count). The fourth-order valence-corrected chi connectivity index (χ4v) is 3.72. The molecule has 0 aliphatic carbocycles. The Kier molecular flexibility index (Phi) is 4.73. The van der Waals surface area contributed by atoms with Crippen LogP contribution in [0.4, 0.5) is 5.69 Å². The molecule has 0 saturated carbocycles. The van der Waals surface area contributed by atoms with Crippen LogP contribution in [0.5, 0.6) is 0 Å². The van der Waals surface area contributed by atoms with Gasteiger partial charge in [0, 0.05) is 16.6 Å². The van der Waals surface area contributed by atoms with Gasteiger partial charge in [-0.15, -0.1) is 11.3 Å². The van der Waals surface area contributed by atoms with Crippen molar-refractivity contribution in [2.75, 3.05) is 11.1 Å². The van der Waals surface area contributed by atoms with Crippen molar-refractivity contribution >= 4 is 45.8 Å². The smallest absolute Gasteiger partial charge is 0.257 e. The van der Waals surface area contributed by atoms with Gasteiger partial charge in [-0.2, -0.15) is 0 Å². The van der Waals surface area contributed by atoms with Gasteiger partial charge in [0.25, 0.3) is 5.22 Å². The maximum Gasteiger partial charge on any atom is 0.257 e. The minimum Gasteiger partial charge on any atom is -0.431 e. The first-order valence-electron chi connectivity index (χ1n) is 7.98. The highest BCUT2D eigenvalue weighted by Crippen LogP contribution is 2.25. The number of amides is 1. The Bertz CT molecular complexity index is 1020. The third kappa shape index (κ3) is 3.79. The van der Waals surface area contributed by atoms with Crippen LogP contribution >= 0.6 is 23.1 Å². The van der Waals surface area contributed by atoms with Crippen molar-refractivity contribution in [3.8, 4) is 11.3 Å². The fourth-order valence-electron chi connectivity index (χ4n) is 2.46. The first-order chi connectivity index (χ1) is 12.7. The van der Waals surface area contributed by atoms with Crippen molar-refractivity contribution in [2.45, 2.75) is 12.1 Å². The van der Waals surface area contributed by atoms with Gasteiger partial charge in [0.1, 0.15) is 5.52 Å². The Morgan fingerprint density at radius 3 is 2.69 bits per heavy atom. The number of nitrogens with one attached hydrogen (secondary N) is 1. The quantitative estimate of drug-likeness (QED) is 0.493. The van der Waals surface area contributed by atoms with Crippen LogP contribution in [0.2, 0.25) is 0 Å². The molecular formula is C19H15N3O2S2. The molecule has 0 aliphatic heterocycles. The Balaban J connectivity index is 1.35. The van der Waals surface area contributed by atoms with Crippen molar-refractivity contribution in [3.05, 3.63) is 58.9 Å². The summed E-state index contributed by atoms with van der Waals surface area (Å²) in [4.78, 5) is 21.0. The number of aromatic nitrogens is 2. The predicted octanol–water partition coefficient (Wildman–Crippen LogP) is 4.99. The first kappa shape index (κ1) is 16.8. The number of nitrogens with zero attached hydrogens (tertiary/aromatic N) is 2. The lowest BCUT2D eigenvalue weighted by Gasteiger charge is -2.05. The lowest BCUT2D eigenvalue weighted by Crippen LogP contribution is -2.13. The molecule has 0 atom stereocenters. The van der Waals surface area contributed by atoms with E-state index in [-0.39, 0.29) is 11.7 Å². The van der Waals surface area contributed by atoms with Crippen LogP contribution < -0.4 is 5.32 Å². The molecule has 5 nitrogen and oxygen atoms in total. The zero-order chi connectivity index (χ0) is 17.9. The van der Waals surface area contributed by atoms with E-state index < -0.39 is 0 Å². The zero-order valence-corrected chi connectivity index (χ0v) is 15.6. The van der Waals surface area contributed by atoms with Crippen molar-refractivity contribution in [3.63, 3.8) is 0 Å². The SMILES string of the molecule is Cc1nc(-c2ccc(NC(=O)CSc3nc4ccccc4o3)cc2)cs1. The number of oxazole rings is 1. The van der Waals surface area contributed by atoms with Gasteiger partial charge in [-0.1, -0.05) is 36.0 Å². The molecular weight excluding hydrogens is 366 g/mol. The van der Waals surface area contributed by atoms with Gasteiger partial charge < -0.3 is 9.73 Å². The zero-order valence-electron chi connectivity index (χ0n) is 13.9. The molecule has 1 N–H and O–H groups in total. The maximum atomic E-state index is 12.1. The molecule has 0 fully saturated rings. The molecule has 2 aromatic carbocycles. The van der Waals surface area contributed by atoms with Gasteiger partial charge in [0.2, 0.25) is 5.91 Å². The maximum absolute atomic E-state index is 12.1. The van der Waals surface area contributed by atoms with Crippen LogP contribution in [0.3, 0.4) is 0 Å². The number of thioether (sulfide) groups is 1. The van der Waals surface area contributed by atoms with E-state index in [0.29, 0.717) is 5.22 Å². The molecule has 0 radical (unpaired) electrons. The minimum atomic E-state index is -0.102. The van der Waals surface area contributed by atoms with E-state index in [2.05, 4.69) is 15.3 Å². The highest BCUT2D eigenvalue weighted by molar-refractivity contribution is 7.99. The van der Waals surface area contributed by atoms with Crippen molar-refractivity contribution in [1.29, 1.82) is 0 Å². The predicted molar refractivity (Wildman–Crippen MR) is 106 cm³/mol. The highest BCUT2D eigenvalue weighted by atomic mass is 32.2. The van der Waals surface area contributed by atoms with E-state index >= 15 is 0 Å². The monoisotopic (exact) mass is 381 g/mol. The lowest BCUT2D eigenvalue weighted by molar-refractivity contribution is -0.113. The summed E-state index contributed by atoms with van der Waals surface area (Å²) < 4.78 is 5.60. The van der Waals surface area contributed by atoms with Crippen LogP contribution in [0.25, 0.3) is 22.4 Å². The summed E-state index contributed by atoms with van der Waals surface area (Å²) in [6.45, 7) is 1.98. The van der Waals surface area contributed by atoms with E-state index in [1.54, 1.807) is 11.3 Å². The van der Waals surface area contributed by atoms with Gasteiger partial charge >= 0.3 is 0 Å². The summed E-state index contributed by atoms with van der Waals surface area (Å²) >= 11 is 2.90. The summed E-state index contributed by atoms with van der Waals surface area (Å²) in [7, 11) is 0. The Hall–Kier alpha value is -2.64. The van der Waals surface area contributed by atoms with Crippen LogP contribution in [0, 0.1) is 6.92 Å². The van der Waals surface area contributed by atoms with Gasteiger partial charge in [-0.05, 0) is 31.2 Å². The standard InChI is InChI=1S/C19H15N3O2S2/c1-12-20-16(10-25-12)13-6-8-14(9-7-13)21-18(23)11-26-19-22-15-4-2-3-5-17(15)24-19/h2-10H,11H2,1H3,(H,21,23). The van der Waals surface area contributed by atoms with Gasteiger partial charge in [-0.3, -0.25) is 4.79 Å². The highest BCUT2D eigenvalue weighted by Gasteiger charge is 2.10. The summed E-state index contributed by atoms with van der Waals surface area (Å²) in [6.07, 6.45) is 0. The lowest BCUT2D eigenvalue weighted by atomic mass is 10.1. The number of fused-ring (bicyclic) bond motifs is 1. The molecule has 0 spiro atoms. The van der Waals surface area contributed by atoms with E-state index in [1.807, 2.05) is 60.8 Å². The van der Waals surface area contributed by atoms with Crippen molar-refractivity contribution in [2.24, 2.45) is 0 Å². The van der Waals surface area contributed by atoms with Crippen molar-refractivity contribution in [1.82, 2.24) is 9.97 Å². The van der Waals surface area contributed by atoms with Crippen LogP contribution in [-0.2, 0) is 4.79 Å². The van der Waals surface area contributed by atoms with Crippen LogP contribution in [0.1, 0.15) is 5.01 Å². The van der Waals surface area contributed by atoms with Gasteiger partial charge in [-0.25, -0.2) is 9.97 Å². The number of hydrogen-bond donors (Lipinski definition) is 1. The number of rotatable bonds is 5. The fraction of sp³-hybridized carbons (Fsp3) is 0.105. The second-order valence-corrected chi connectivity index (χ2v) is 7.60. The van der Waals surface area contributed by atoms with E-state index in [1.165, 1.54) is 11.8 Å². The van der Waals surface area contributed by atoms with E-state index in [0.717, 1.165) is 33.1 Å². The number of hydrogen-bond acceptors (Lipinski definition) is 6. The minimum absolute atomic E-state index is 0.102. The summed E-state index contributed by atoms with van der Waals surface area (Å²) in [6, 6.07) is 15.2. The van der Waals surface area contributed by atoms with Gasteiger partial charge in [0.05, 0.1) is 16.5 Å². The summed E-state index contributed by atoms with van der Waals surface area (Å²) in [5.41, 5.74) is 4.26. The van der Waals surface area contributed by atoms with Gasteiger partial charge in [0.15, 0.2) is 5.58 Å². The molecule has 130 valence electrons. The molecule has 1 amide bonds. The van der Waals surface area contributed by atoms with Crippen molar-refractivity contribution < 1.29 is 9.21 Å². The van der Waals surface area contributed by atoms with Crippen LogP contribution in [-0.4, -0.2) is 21.6 Å². The molecule has 26 heavy (non-hydrogen) atoms. The number of carbonyl (C=O) groups excluding carboxylic acids is 1. The molecule has 0 bridgehead atoms. The normalized spacial score (nSPS) is 11.0. The number of thiazole rings is 1. The third-order valence-corrected chi connectivity index (χ3v) is 5.29. The topological polar surface area (TPSA) is 68.0 Å². The number of anilines is 1.